The van der Waals surface area contributed by atoms with Crippen LogP contribution in [0.25, 0.3) is 17.1 Å². The summed E-state index contributed by atoms with van der Waals surface area (Å²) in [6, 6.07) is 11.3. The Morgan fingerprint density at radius 2 is 2.05 bits per heavy atom. The van der Waals surface area contributed by atoms with Crippen LogP contribution in [0.5, 0.6) is 0 Å². The number of nitrogens with zero attached hydrogens (tertiary/aromatic N) is 4. The Hall–Kier alpha value is -1.92. The van der Waals surface area contributed by atoms with Gasteiger partial charge in [-0.2, -0.15) is 4.68 Å². The Morgan fingerprint density at radius 1 is 1.24 bits per heavy atom. The number of halogens is 2. The van der Waals surface area contributed by atoms with Gasteiger partial charge in [0.1, 0.15) is 0 Å². The second-order valence-electron chi connectivity index (χ2n) is 4.58. The number of nitrogens with two attached hydrogens (primary N) is 1. The predicted octanol–water partition coefficient (Wildman–Crippen LogP) is 3.64. The molecule has 0 unspecified atom stereocenters. The van der Waals surface area contributed by atoms with E-state index in [1.807, 2.05) is 37.3 Å². The molecular weight excluding hydrogens is 354 g/mol. The van der Waals surface area contributed by atoms with Gasteiger partial charge in [0.2, 0.25) is 0 Å². The van der Waals surface area contributed by atoms with E-state index in [1.165, 1.54) is 0 Å². The first-order valence-corrected chi connectivity index (χ1v) is 7.34. The van der Waals surface area contributed by atoms with Gasteiger partial charge >= 0.3 is 0 Å². The third kappa shape index (κ3) is 2.52. The van der Waals surface area contributed by atoms with Crippen molar-refractivity contribution in [2.75, 3.05) is 5.73 Å². The van der Waals surface area contributed by atoms with Crippen molar-refractivity contribution in [3.05, 3.63) is 51.5 Å². The van der Waals surface area contributed by atoms with E-state index in [-0.39, 0.29) is 0 Å². The molecule has 0 bridgehead atoms. The Labute approximate surface area is 134 Å². The van der Waals surface area contributed by atoms with Gasteiger partial charge in [-0.15, -0.1) is 5.10 Å². The number of nitrogen functional groups attached to an aromatic ring is 1. The second-order valence-corrected chi connectivity index (χ2v) is 5.78. The van der Waals surface area contributed by atoms with Crippen LogP contribution in [-0.2, 0) is 0 Å². The minimum Gasteiger partial charge on any atom is -0.398 e. The van der Waals surface area contributed by atoms with Crippen LogP contribution in [0, 0.1) is 6.92 Å². The first kappa shape index (κ1) is 14.0. The van der Waals surface area contributed by atoms with Crippen molar-refractivity contribution >= 4 is 33.2 Å². The summed E-state index contributed by atoms with van der Waals surface area (Å²) < 4.78 is 2.35. The topological polar surface area (TPSA) is 69.6 Å². The molecule has 0 fully saturated rings. The molecule has 21 heavy (non-hydrogen) atoms. The maximum Gasteiger partial charge on any atom is 0.188 e. The van der Waals surface area contributed by atoms with Crippen molar-refractivity contribution in [1.82, 2.24) is 20.2 Å². The Morgan fingerprint density at radius 3 is 2.81 bits per heavy atom. The lowest BCUT2D eigenvalue weighted by atomic mass is 10.2. The van der Waals surface area contributed by atoms with E-state index in [4.69, 9.17) is 17.3 Å². The quantitative estimate of drug-likeness (QED) is 0.705. The molecule has 0 aliphatic carbocycles. The summed E-state index contributed by atoms with van der Waals surface area (Å²) in [5.41, 5.74) is 9.13. The highest BCUT2D eigenvalue weighted by Gasteiger charge is 2.16. The van der Waals surface area contributed by atoms with E-state index in [2.05, 4.69) is 31.5 Å². The van der Waals surface area contributed by atoms with Crippen LogP contribution in [0.15, 0.2) is 40.9 Å². The number of anilines is 1. The maximum atomic E-state index is 6.30. The average Bonchev–Trinajstić information content (AvgIpc) is 2.91. The van der Waals surface area contributed by atoms with E-state index in [0.717, 1.165) is 21.3 Å². The van der Waals surface area contributed by atoms with Crippen molar-refractivity contribution in [3.8, 4) is 17.1 Å². The van der Waals surface area contributed by atoms with Crippen molar-refractivity contribution in [3.63, 3.8) is 0 Å². The number of benzene rings is 2. The lowest BCUT2D eigenvalue weighted by Crippen LogP contribution is -2.02. The van der Waals surface area contributed by atoms with Crippen LogP contribution in [0.2, 0.25) is 5.02 Å². The molecule has 0 aliphatic heterocycles. The fraction of sp³-hybridized carbons (Fsp3) is 0.0714. The van der Waals surface area contributed by atoms with Gasteiger partial charge < -0.3 is 5.73 Å². The molecular formula is C14H11BrClN5. The molecule has 2 N–H and O–H groups in total. The highest BCUT2D eigenvalue weighted by molar-refractivity contribution is 9.10. The molecule has 0 atom stereocenters. The summed E-state index contributed by atoms with van der Waals surface area (Å²) in [5.74, 6) is 0.569. The number of tetrazole rings is 1. The summed E-state index contributed by atoms with van der Waals surface area (Å²) in [5, 5.41) is 12.5. The van der Waals surface area contributed by atoms with Gasteiger partial charge in [-0.05, 0) is 63.1 Å². The molecule has 0 saturated heterocycles. The largest absolute Gasteiger partial charge is 0.398 e. The van der Waals surface area contributed by atoms with Gasteiger partial charge in [0, 0.05) is 11.3 Å². The Kier molecular flexibility index (Phi) is 3.65. The molecule has 2 aromatic carbocycles. The zero-order valence-electron chi connectivity index (χ0n) is 11.1. The van der Waals surface area contributed by atoms with Gasteiger partial charge in [-0.1, -0.05) is 23.7 Å². The lowest BCUT2D eigenvalue weighted by Gasteiger charge is -2.09. The van der Waals surface area contributed by atoms with Gasteiger partial charge in [0.25, 0.3) is 0 Å². The van der Waals surface area contributed by atoms with Gasteiger partial charge in [0.05, 0.1) is 15.2 Å². The van der Waals surface area contributed by atoms with Crippen LogP contribution < -0.4 is 5.73 Å². The molecule has 7 heteroatoms. The van der Waals surface area contributed by atoms with Crippen molar-refractivity contribution in [2.24, 2.45) is 0 Å². The third-order valence-electron chi connectivity index (χ3n) is 3.07. The van der Waals surface area contributed by atoms with Crippen LogP contribution in [-0.4, -0.2) is 20.2 Å². The van der Waals surface area contributed by atoms with E-state index < -0.39 is 0 Å². The van der Waals surface area contributed by atoms with Crippen molar-refractivity contribution in [1.29, 1.82) is 0 Å². The number of hydrogen-bond donors (Lipinski definition) is 1. The standard InChI is InChI=1S/C14H11BrClN5/c1-8-5-6-12(10(16)7-8)21-14(18-19-20-21)9-3-2-4-11(17)13(9)15/h2-7H,17H2,1H3. The van der Waals surface area contributed by atoms with Gasteiger partial charge in [-0.25, -0.2) is 0 Å². The predicted molar refractivity (Wildman–Crippen MR) is 86.4 cm³/mol. The Balaban J connectivity index is 2.20. The number of rotatable bonds is 2. The normalized spacial score (nSPS) is 10.8. The average molecular weight is 365 g/mol. The molecule has 5 nitrogen and oxygen atoms in total. The fourth-order valence-electron chi connectivity index (χ4n) is 2.02. The zero-order valence-corrected chi connectivity index (χ0v) is 13.4. The summed E-state index contributed by atoms with van der Waals surface area (Å²) in [7, 11) is 0. The van der Waals surface area contributed by atoms with Crippen LogP contribution in [0.1, 0.15) is 5.56 Å². The second kappa shape index (κ2) is 5.46. The summed E-state index contributed by atoms with van der Waals surface area (Å²) in [4.78, 5) is 0. The van der Waals surface area contributed by atoms with Crippen molar-refractivity contribution in [2.45, 2.75) is 6.92 Å². The van der Waals surface area contributed by atoms with Gasteiger partial charge in [0.15, 0.2) is 5.82 Å². The van der Waals surface area contributed by atoms with Crippen molar-refractivity contribution < 1.29 is 0 Å². The maximum absolute atomic E-state index is 6.30. The molecule has 0 spiro atoms. The molecule has 1 heterocycles. The first-order valence-electron chi connectivity index (χ1n) is 6.17. The SMILES string of the molecule is Cc1ccc(-n2nnnc2-c2cccc(N)c2Br)c(Cl)c1. The van der Waals surface area contributed by atoms with Crippen LogP contribution in [0.4, 0.5) is 5.69 Å². The molecule has 0 saturated carbocycles. The minimum atomic E-state index is 0.569. The highest BCUT2D eigenvalue weighted by Crippen LogP contribution is 2.33. The molecule has 3 rings (SSSR count). The zero-order chi connectivity index (χ0) is 15.0. The highest BCUT2D eigenvalue weighted by atomic mass is 79.9. The smallest absolute Gasteiger partial charge is 0.188 e. The van der Waals surface area contributed by atoms with E-state index >= 15 is 0 Å². The summed E-state index contributed by atoms with van der Waals surface area (Å²) >= 11 is 9.77. The lowest BCUT2D eigenvalue weighted by molar-refractivity contribution is 0.791. The van der Waals surface area contributed by atoms with Gasteiger partial charge in [-0.3, -0.25) is 0 Å². The Bertz CT molecular complexity index is 815. The number of hydrogen-bond acceptors (Lipinski definition) is 4. The monoisotopic (exact) mass is 363 g/mol. The van der Waals surface area contributed by atoms with E-state index in [9.17, 15) is 0 Å². The number of aryl methyl sites for hydroxylation is 1. The molecule has 3 aromatic rings. The molecule has 106 valence electrons. The van der Waals surface area contributed by atoms with E-state index in [0.29, 0.717) is 16.5 Å². The summed E-state index contributed by atoms with van der Waals surface area (Å²) in [6.07, 6.45) is 0. The fourth-order valence-corrected chi connectivity index (χ4v) is 2.78. The minimum absolute atomic E-state index is 0.569. The van der Waals surface area contributed by atoms with E-state index in [1.54, 1.807) is 10.7 Å². The summed E-state index contributed by atoms with van der Waals surface area (Å²) in [6.45, 7) is 1.98. The molecule has 0 radical (unpaired) electrons. The van der Waals surface area contributed by atoms with Crippen LogP contribution in [0.3, 0.4) is 0 Å². The first-order chi connectivity index (χ1) is 10.1. The molecule has 0 aliphatic rings. The molecule has 1 aromatic heterocycles. The molecule has 0 amide bonds. The van der Waals surface area contributed by atoms with Crippen LogP contribution >= 0.6 is 27.5 Å². The third-order valence-corrected chi connectivity index (χ3v) is 4.26. The number of aromatic nitrogens is 4.